The van der Waals surface area contributed by atoms with Crippen molar-refractivity contribution >= 4 is 0 Å². The zero-order valence-electron chi connectivity index (χ0n) is 22.4. The second-order valence-electron chi connectivity index (χ2n) is 12.1. The second kappa shape index (κ2) is 13.7. The molecular weight excluding hydrogens is 408 g/mol. The Labute approximate surface area is 211 Å². The fourth-order valence-corrected chi connectivity index (χ4v) is 7.09. The fourth-order valence-electron chi connectivity index (χ4n) is 7.09. The van der Waals surface area contributed by atoms with Crippen LogP contribution < -0.4 is 0 Å². The smallest absolute Gasteiger partial charge is 0.00182 e. The molecule has 2 fully saturated rings. The van der Waals surface area contributed by atoms with Gasteiger partial charge in [-0.1, -0.05) is 94.5 Å². The van der Waals surface area contributed by atoms with Gasteiger partial charge in [0.05, 0.1) is 0 Å². The highest BCUT2D eigenvalue weighted by molar-refractivity contribution is 5.31. The molecule has 1 aromatic carbocycles. The Morgan fingerprint density at radius 1 is 0.618 bits per heavy atom. The predicted octanol–water partition coefficient (Wildman–Crippen LogP) is 10.8. The summed E-state index contributed by atoms with van der Waals surface area (Å²) in [5, 5.41) is 0. The minimum absolute atomic E-state index is 0.648. The van der Waals surface area contributed by atoms with Gasteiger partial charge in [-0.2, -0.15) is 0 Å². The summed E-state index contributed by atoms with van der Waals surface area (Å²) >= 11 is 0. The lowest BCUT2D eigenvalue weighted by Crippen LogP contribution is -2.14. The molecule has 0 spiro atoms. The first-order chi connectivity index (χ1) is 16.7. The van der Waals surface area contributed by atoms with Gasteiger partial charge in [0.15, 0.2) is 0 Å². The number of unbranched alkanes of at least 4 members (excludes halogenated alkanes) is 2. The van der Waals surface area contributed by atoms with E-state index < -0.39 is 0 Å². The zero-order valence-corrected chi connectivity index (χ0v) is 22.4. The van der Waals surface area contributed by atoms with Gasteiger partial charge in [-0.3, -0.25) is 0 Å². The second-order valence-corrected chi connectivity index (χ2v) is 12.1. The van der Waals surface area contributed by atoms with Crippen molar-refractivity contribution in [1.29, 1.82) is 0 Å². The topological polar surface area (TPSA) is 0 Å². The van der Waals surface area contributed by atoms with E-state index in [1.165, 1.54) is 108 Å². The minimum Gasteiger partial charge on any atom is -0.0851 e. The van der Waals surface area contributed by atoms with E-state index >= 15 is 0 Å². The lowest BCUT2D eigenvalue weighted by atomic mass is 9.76. The summed E-state index contributed by atoms with van der Waals surface area (Å²) in [5.41, 5.74) is 3.13. The molecule has 2 unspecified atom stereocenters. The van der Waals surface area contributed by atoms with Crippen LogP contribution >= 0.6 is 0 Å². The van der Waals surface area contributed by atoms with E-state index in [-0.39, 0.29) is 0 Å². The van der Waals surface area contributed by atoms with E-state index in [4.69, 9.17) is 0 Å². The van der Waals surface area contributed by atoms with Crippen molar-refractivity contribution in [3.63, 3.8) is 0 Å². The van der Waals surface area contributed by atoms with E-state index in [0.717, 1.165) is 29.6 Å². The molecule has 0 aliphatic heterocycles. The third kappa shape index (κ3) is 7.60. The molecule has 34 heavy (non-hydrogen) atoms. The fraction of sp³-hybridized carbons (Fsp3) is 0.706. The maximum Gasteiger partial charge on any atom is 0.00182 e. The van der Waals surface area contributed by atoms with Crippen LogP contribution in [0.25, 0.3) is 0 Å². The summed E-state index contributed by atoms with van der Waals surface area (Å²) in [7, 11) is 0. The quantitative estimate of drug-likeness (QED) is 0.240. The molecule has 3 aliphatic carbocycles. The van der Waals surface area contributed by atoms with Gasteiger partial charge in [0.25, 0.3) is 0 Å². The summed E-state index contributed by atoms with van der Waals surface area (Å²) in [6, 6.07) is 9.80. The van der Waals surface area contributed by atoms with Gasteiger partial charge in [-0.15, -0.1) is 0 Å². The van der Waals surface area contributed by atoms with Crippen molar-refractivity contribution in [1.82, 2.24) is 0 Å². The van der Waals surface area contributed by atoms with Crippen molar-refractivity contribution in [3.8, 4) is 0 Å². The van der Waals surface area contributed by atoms with Gasteiger partial charge >= 0.3 is 0 Å². The molecule has 0 nitrogen and oxygen atoms in total. The molecule has 0 heteroatoms. The van der Waals surface area contributed by atoms with Crippen LogP contribution in [0.5, 0.6) is 0 Å². The van der Waals surface area contributed by atoms with Gasteiger partial charge in [0, 0.05) is 5.92 Å². The zero-order chi connectivity index (χ0) is 23.6. The molecule has 0 saturated heterocycles. The summed E-state index contributed by atoms with van der Waals surface area (Å²) in [4.78, 5) is 0. The van der Waals surface area contributed by atoms with E-state index in [2.05, 4.69) is 62.4 Å². The van der Waals surface area contributed by atoms with Crippen LogP contribution in [0.3, 0.4) is 0 Å². The summed E-state index contributed by atoms with van der Waals surface area (Å²) in [5.74, 6) is 5.00. The monoisotopic (exact) mass is 460 g/mol. The number of benzene rings is 1. The molecule has 2 atom stereocenters. The Hall–Kier alpha value is -1.30. The molecule has 1 aromatic rings. The third-order valence-corrected chi connectivity index (χ3v) is 9.49. The van der Waals surface area contributed by atoms with Gasteiger partial charge in [0.2, 0.25) is 0 Å². The van der Waals surface area contributed by atoms with Gasteiger partial charge in [-0.25, -0.2) is 0 Å². The highest BCUT2D eigenvalue weighted by Gasteiger charge is 2.23. The first-order valence-electron chi connectivity index (χ1n) is 15.2. The first-order valence-corrected chi connectivity index (χ1v) is 15.2. The maximum atomic E-state index is 2.63. The van der Waals surface area contributed by atoms with E-state index in [9.17, 15) is 0 Å². The van der Waals surface area contributed by atoms with Crippen molar-refractivity contribution in [3.05, 3.63) is 59.7 Å². The van der Waals surface area contributed by atoms with E-state index in [0.29, 0.717) is 5.92 Å². The lowest BCUT2D eigenvalue weighted by molar-refractivity contribution is 0.288. The minimum atomic E-state index is 0.648. The number of hydrogen-bond donors (Lipinski definition) is 0. The molecule has 0 aromatic heterocycles. The summed E-state index contributed by atoms with van der Waals surface area (Å²) in [6.07, 6.45) is 32.8. The molecule has 0 heterocycles. The van der Waals surface area contributed by atoms with Gasteiger partial charge in [-0.05, 0) is 111 Å². The average Bonchev–Trinajstić information content (AvgIpc) is 2.89. The van der Waals surface area contributed by atoms with Gasteiger partial charge < -0.3 is 0 Å². The Morgan fingerprint density at radius 3 is 1.85 bits per heavy atom. The number of rotatable bonds is 10. The normalized spacial score (nSPS) is 32.3. The van der Waals surface area contributed by atoms with Crippen LogP contribution in [0, 0.1) is 23.7 Å². The SMILES string of the molecule is CCCCCC1CCC(/C=C/C2CCC(c3ccc(C4C=CC(CCC)CC4)cc3)CC2)CC1. The summed E-state index contributed by atoms with van der Waals surface area (Å²) in [6.45, 7) is 4.63. The average molecular weight is 461 g/mol. The largest absolute Gasteiger partial charge is 0.0851 e. The molecule has 188 valence electrons. The van der Waals surface area contributed by atoms with Crippen molar-refractivity contribution in [2.24, 2.45) is 23.7 Å². The lowest BCUT2D eigenvalue weighted by Gasteiger charge is -2.29. The standard InChI is InChI=1S/C34H52/c1-3-5-6-8-28-9-11-29(12-10-28)13-14-30-17-21-32(22-18-30)34-25-23-33(24-26-34)31-19-15-27(7-4-2)16-20-31/h13-15,19,23-32H,3-12,16-18,20-22H2,1-2H3/b14-13+. The van der Waals surface area contributed by atoms with Crippen LogP contribution in [0.4, 0.5) is 0 Å². The Balaban J connectivity index is 1.17. The van der Waals surface area contributed by atoms with E-state index in [1.807, 2.05) is 0 Å². The third-order valence-electron chi connectivity index (χ3n) is 9.49. The predicted molar refractivity (Wildman–Crippen MR) is 149 cm³/mol. The number of allylic oxidation sites excluding steroid dienone is 4. The van der Waals surface area contributed by atoms with E-state index in [1.54, 1.807) is 5.56 Å². The molecule has 3 aliphatic rings. The first kappa shape index (κ1) is 25.8. The van der Waals surface area contributed by atoms with Crippen LogP contribution in [0.1, 0.15) is 140 Å². The molecule has 0 N–H and O–H groups in total. The molecule has 0 amide bonds. The maximum absolute atomic E-state index is 2.63. The van der Waals surface area contributed by atoms with Crippen LogP contribution in [-0.4, -0.2) is 0 Å². The van der Waals surface area contributed by atoms with Gasteiger partial charge in [0.1, 0.15) is 0 Å². The van der Waals surface area contributed by atoms with Crippen LogP contribution in [-0.2, 0) is 0 Å². The number of hydrogen-bond acceptors (Lipinski definition) is 0. The van der Waals surface area contributed by atoms with Crippen molar-refractivity contribution in [2.75, 3.05) is 0 Å². The van der Waals surface area contributed by atoms with Crippen LogP contribution in [0.2, 0.25) is 0 Å². The Kier molecular flexibility index (Phi) is 10.4. The summed E-state index contributed by atoms with van der Waals surface area (Å²) < 4.78 is 0. The molecule has 2 saturated carbocycles. The highest BCUT2D eigenvalue weighted by Crippen LogP contribution is 2.39. The molecule has 0 radical (unpaired) electrons. The Bertz CT molecular complexity index is 737. The van der Waals surface area contributed by atoms with Crippen molar-refractivity contribution in [2.45, 2.75) is 128 Å². The molecular formula is C34H52. The van der Waals surface area contributed by atoms with Crippen molar-refractivity contribution < 1.29 is 0 Å². The Morgan fingerprint density at radius 2 is 1.26 bits per heavy atom. The van der Waals surface area contributed by atoms with Crippen LogP contribution in [0.15, 0.2) is 48.6 Å². The highest BCUT2D eigenvalue weighted by atomic mass is 14.3. The molecule has 0 bridgehead atoms. The molecule has 4 rings (SSSR count).